The molecule has 2 unspecified atom stereocenters. The van der Waals surface area contributed by atoms with Crippen LogP contribution >= 0.6 is 15.9 Å². The van der Waals surface area contributed by atoms with Crippen molar-refractivity contribution in [1.82, 2.24) is 5.32 Å². The molecule has 1 aliphatic carbocycles. The summed E-state index contributed by atoms with van der Waals surface area (Å²) in [5.41, 5.74) is 0. The molecule has 2 rings (SSSR count). The maximum atomic E-state index is 12.6. The van der Waals surface area contributed by atoms with E-state index in [0.29, 0.717) is 4.90 Å². The van der Waals surface area contributed by atoms with Crippen molar-refractivity contribution in [1.29, 1.82) is 0 Å². The van der Waals surface area contributed by atoms with Crippen LogP contribution in [0.2, 0.25) is 0 Å². The first-order valence-electron chi connectivity index (χ1n) is 6.22. The number of sulfone groups is 1. The highest BCUT2D eigenvalue weighted by atomic mass is 79.9. The summed E-state index contributed by atoms with van der Waals surface area (Å²) in [5, 5.41) is 2.86. The Bertz CT molecular complexity index is 498. The van der Waals surface area contributed by atoms with Crippen LogP contribution in [-0.4, -0.2) is 26.8 Å². The van der Waals surface area contributed by atoms with E-state index in [9.17, 15) is 8.42 Å². The maximum absolute atomic E-state index is 12.6. The van der Waals surface area contributed by atoms with Gasteiger partial charge in [0.15, 0.2) is 9.84 Å². The zero-order chi connectivity index (χ0) is 13.2. The van der Waals surface area contributed by atoms with E-state index in [0.717, 1.165) is 30.2 Å². The Morgan fingerprint density at radius 3 is 2.39 bits per heavy atom. The van der Waals surface area contributed by atoms with E-state index in [4.69, 9.17) is 0 Å². The molecule has 0 aliphatic heterocycles. The van der Waals surface area contributed by atoms with E-state index < -0.39 is 9.84 Å². The molecular weight excluding hydrogens is 314 g/mol. The van der Waals surface area contributed by atoms with Gasteiger partial charge in [0, 0.05) is 10.5 Å². The van der Waals surface area contributed by atoms with Crippen molar-refractivity contribution in [2.45, 2.75) is 41.9 Å². The molecule has 1 saturated carbocycles. The first-order valence-corrected chi connectivity index (χ1v) is 8.56. The van der Waals surface area contributed by atoms with Crippen LogP contribution in [0.15, 0.2) is 33.6 Å². The van der Waals surface area contributed by atoms with E-state index >= 15 is 0 Å². The monoisotopic (exact) mass is 331 g/mol. The van der Waals surface area contributed by atoms with E-state index in [1.54, 1.807) is 24.3 Å². The number of nitrogens with one attached hydrogen (secondary N) is 1. The maximum Gasteiger partial charge on any atom is 0.182 e. The summed E-state index contributed by atoms with van der Waals surface area (Å²) in [4.78, 5) is 0.429. The Morgan fingerprint density at radius 1 is 1.17 bits per heavy atom. The van der Waals surface area contributed by atoms with Gasteiger partial charge in [0.05, 0.1) is 10.1 Å². The Balaban J connectivity index is 2.32. The zero-order valence-electron chi connectivity index (χ0n) is 10.4. The van der Waals surface area contributed by atoms with Crippen LogP contribution in [0.3, 0.4) is 0 Å². The molecule has 5 heteroatoms. The highest BCUT2D eigenvalue weighted by molar-refractivity contribution is 9.10. The highest BCUT2D eigenvalue weighted by Crippen LogP contribution is 2.29. The summed E-state index contributed by atoms with van der Waals surface area (Å²) < 4.78 is 26.1. The van der Waals surface area contributed by atoms with Gasteiger partial charge in [-0.3, -0.25) is 0 Å². The first-order chi connectivity index (χ1) is 8.55. The fourth-order valence-corrected chi connectivity index (χ4v) is 4.91. The fourth-order valence-electron chi connectivity index (χ4n) is 2.60. The number of benzene rings is 1. The lowest BCUT2D eigenvalue weighted by atomic mass is 9.95. The van der Waals surface area contributed by atoms with Gasteiger partial charge >= 0.3 is 0 Å². The van der Waals surface area contributed by atoms with Crippen LogP contribution in [0.1, 0.15) is 25.7 Å². The van der Waals surface area contributed by atoms with Crippen LogP contribution < -0.4 is 5.32 Å². The standard InChI is InChI=1S/C13H18BrNO2S/c1-15-12-4-2-3-5-13(12)18(16,17)11-8-6-10(14)7-9-11/h6-9,12-13,15H,2-5H2,1H3. The minimum absolute atomic E-state index is 0.0763. The van der Waals surface area contributed by atoms with Crippen LogP contribution in [0.25, 0.3) is 0 Å². The van der Waals surface area contributed by atoms with Crippen LogP contribution in [0.5, 0.6) is 0 Å². The van der Waals surface area contributed by atoms with Crippen LogP contribution in [-0.2, 0) is 9.84 Å². The molecule has 0 spiro atoms. The number of halogens is 1. The molecule has 0 aromatic heterocycles. The molecule has 2 atom stereocenters. The van der Waals surface area contributed by atoms with Gasteiger partial charge in [-0.15, -0.1) is 0 Å². The summed E-state index contributed by atoms with van der Waals surface area (Å²) in [6.07, 6.45) is 3.80. The van der Waals surface area contributed by atoms with Crippen LogP contribution in [0.4, 0.5) is 0 Å². The minimum atomic E-state index is -3.22. The third-order valence-corrected chi connectivity index (χ3v) is 6.43. The summed E-state index contributed by atoms with van der Waals surface area (Å²) in [7, 11) is -1.38. The summed E-state index contributed by atoms with van der Waals surface area (Å²) in [5.74, 6) is 0. The second kappa shape index (κ2) is 5.72. The average Bonchev–Trinajstić information content (AvgIpc) is 2.39. The van der Waals surface area contributed by atoms with Crippen molar-refractivity contribution in [3.05, 3.63) is 28.7 Å². The lowest BCUT2D eigenvalue weighted by Gasteiger charge is -2.30. The van der Waals surface area contributed by atoms with E-state index in [-0.39, 0.29) is 11.3 Å². The molecule has 1 aromatic rings. The molecule has 0 radical (unpaired) electrons. The average molecular weight is 332 g/mol. The summed E-state index contributed by atoms with van der Waals surface area (Å²) in [6.45, 7) is 0. The van der Waals surface area contributed by atoms with Crippen molar-refractivity contribution in [3.63, 3.8) is 0 Å². The van der Waals surface area contributed by atoms with Gasteiger partial charge in [0.1, 0.15) is 0 Å². The lowest BCUT2D eigenvalue weighted by Crippen LogP contribution is -2.44. The largest absolute Gasteiger partial charge is 0.316 e. The van der Waals surface area contributed by atoms with Gasteiger partial charge in [-0.25, -0.2) is 8.42 Å². The second-order valence-corrected chi connectivity index (χ2v) is 7.80. The number of hydrogen-bond donors (Lipinski definition) is 1. The molecule has 0 bridgehead atoms. The van der Waals surface area contributed by atoms with Crippen molar-refractivity contribution >= 4 is 25.8 Å². The highest BCUT2D eigenvalue weighted by Gasteiger charge is 2.35. The molecule has 1 aliphatic rings. The molecule has 0 amide bonds. The third-order valence-electron chi connectivity index (χ3n) is 3.61. The Morgan fingerprint density at radius 2 is 1.78 bits per heavy atom. The zero-order valence-corrected chi connectivity index (χ0v) is 12.8. The van der Waals surface area contributed by atoms with Gasteiger partial charge in [-0.05, 0) is 44.2 Å². The fraction of sp³-hybridized carbons (Fsp3) is 0.538. The van der Waals surface area contributed by atoms with Crippen molar-refractivity contribution < 1.29 is 8.42 Å². The van der Waals surface area contributed by atoms with Crippen molar-refractivity contribution in [3.8, 4) is 0 Å². The molecule has 0 saturated heterocycles. The quantitative estimate of drug-likeness (QED) is 0.926. The van der Waals surface area contributed by atoms with Gasteiger partial charge < -0.3 is 5.32 Å². The van der Waals surface area contributed by atoms with Gasteiger partial charge in [0.2, 0.25) is 0 Å². The second-order valence-electron chi connectivity index (χ2n) is 4.72. The minimum Gasteiger partial charge on any atom is -0.316 e. The normalized spacial score (nSPS) is 25.0. The predicted octanol–water partition coefficient (Wildman–Crippen LogP) is 2.75. The van der Waals surface area contributed by atoms with Gasteiger partial charge in [-0.2, -0.15) is 0 Å². The molecule has 1 aromatic carbocycles. The van der Waals surface area contributed by atoms with E-state index in [1.165, 1.54) is 0 Å². The molecule has 1 fully saturated rings. The topological polar surface area (TPSA) is 46.2 Å². The number of rotatable bonds is 3. The molecule has 0 heterocycles. The number of hydrogen-bond acceptors (Lipinski definition) is 3. The lowest BCUT2D eigenvalue weighted by molar-refractivity contribution is 0.390. The Labute approximate surface area is 117 Å². The smallest absolute Gasteiger partial charge is 0.182 e. The first kappa shape index (κ1) is 14.0. The molecule has 3 nitrogen and oxygen atoms in total. The van der Waals surface area contributed by atoms with Crippen molar-refractivity contribution in [2.24, 2.45) is 0 Å². The summed E-state index contributed by atoms with van der Waals surface area (Å²) >= 11 is 3.33. The van der Waals surface area contributed by atoms with E-state index in [2.05, 4.69) is 21.2 Å². The molecular formula is C13H18BrNO2S. The third kappa shape index (κ3) is 2.78. The predicted molar refractivity (Wildman–Crippen MR) is 76.4 cm³/mol. The van der Waals surface area contributed by atoms with Gasteiger partial charge in [-0.1, -0.05) is 28.8 Å². The summed E-state index contributed by atoms with van der Waals surface area (Å²) in [6, 6.07) is 7.00. The Kier molecular flexibility index (Phi) is 4.45. The van der Waals surface area contributed by atoms with Crippen LogP contribution in [0, 0.1) is 0 Å². The molecule has 18 heavy (non-hydrogen) atoms. The van der Waals surface area contributed by atoms with Gasteiger partial charge in [0.25, 0.3) is 0 Å². The Hall–Kier alpha value is -0.390. The van der Waals surface area contributed by atoms with E-state index in [1.807, 2.05) is 7.05 Å². The molecule has 1 N–H and O–H groups in total. The van der Waals surface area contributed by atoms with Crippen molar-refractivity contribution in [2.75, 3.05) is 7.05 Å². The SMILES string of the molecule is CNC1CCCCC1S(=O)(=O)c1ccc(Br)cc1. The molecule has 100 valence electrons.